The van der Waals surface area contributed by atoms with E-state index in [0.29, 0.717) is 12.8 Å². The van der Waals surface area contributed by atoms with Gasteiger partial charge in [-0.05, 0) is 49.9 Å². The van der Waals surface area contributed by atoms with E-state index in [9.17, 15) is 24.3 Å². The number of carbonyl (C=O) groups is 4. The van der Waals surface area contributed by atoms with Crippen LogP contribution in [0.25, 0.3) is 0 Å². The molecule has 2 bridgehead atoms. The van der Waals surface area contributed by atoms with Gasteiger partial charge in [0.1, 0.15) is 17.5 Å². The predicted molar refractivity (Wildman–Crippen MR) is 131 cm³/mol. The van der Waals surface area contributed by atoms with Crippen LogP contribution in [0.15, 0.2) is 12.7 Å². The van der Waals surface area contributed by atoms with Crippen molar-refractivity contribution in [2.75, 3.05) is 6.54 Å². The lowest BCUT2D eigenvalue weighted by atomic mass is 9.44. The molecule has 1 aliphatic heterocycles. The Morgan fingerprint density at radius 2 is 1.86 bits per heavy atom. The number of ether oxygens (including phenoxy) is 2. The summed E-state index contributed by atoms with van der Waals surface area (Å²) < 4.78 is 11.3. The van der Waals surface area contributed by atoms with E-state index in [1.165, 1.54) is 0 Å². The molecule has 2 unspecified atom stereocenters. The fourth-order valence-electron chi connectivity index (χ4n) is 7.82. The summed E-state index contributed by atoms with van der Waals surface area (Å²) in [5.74, 6) is -0.481. The van der Waals surface area contributed by atoms with Crippen LogP contribution < -0.4 is 10.6 Å². The molecule has 0 aromatic rings. The Morgan fingerprint density at radius 3 is 2.47 bits per heavy atom. The third-order valence-corrected chi connectivity index (χ3v) is 10.3. The molecule has 4 aliphatic rings. The lowest BCUT2D eigenvalue weighted by Gasteiger charge is -2.61. The number of aliphatic hydroxyl groups excluding tert-OH is 1. The Kier molecular flexibility index (Phi) is 6.55. The maximum absolute atomic E-state index is 13.4. The van der Waals surface area contributed by atoms with Crippen molar-refractivity contribution in [2.24, 2.45) is 34.0 Å². The average molecular weight is 505 g/mol. The van der Waals surface area contributed by atoms with Gasteiger partial charge in [0.25, 0.3) is 0 Å². The van der Waals surface area contributed by atoms with Crippen molar-refractivity contribution in [3.05, 3.63) is 12.7 Å². The molecular weight excluding hydrogens is 464 g/mol. The van der Waals surface area contributed by atoms with Crippen molar-refractivity contribution in [1.82, 2.24) is 10.6 Å². The number of carbonyl (C=O) groups excluding carboxylic acids is 4. The number of alkyl carbamates (subject to hydrolysis) is 2. The zero-order chi connectivity index (χ0) is 26.7. The van der Waals surface area contributed by atoms with E-state index < -0.39 is 40.8 Å². The van der Waals surface area contributed by atoms with Crippen LogP contribution in [0, 0.1) is 34.0 Å². The minimum absolute atomic E-state index is 0.00726. The molecule has 3 aliphatic carbocycles. The van der Waals surface area contributed by atoms with Gasteiger partial charge < -0.3 is 19.9 Å². The maximum Gasteiger partial charge on any atom is 0.417 e. The maximum atomic E-state index is 13.4. The molecule has 200 valence electrons. The van der Waals surface area contributed by atoms with Gasteiger partial charge in [0.2, 0.25) is 5.91 Å². The Balaban J connectivity index is 1.63. The zero-order valence-corrected chi connectivity index (χ0v) is 22.0. The number of hydrogen-bond acceptors (Lipinski definition) is 7. The summed E-state index contributed by atoms with van der Waals surface area (Å²) >= 11 is 0. The number of amides is 3. The molecule has 1 heterocycles. The van der Waals surface area contributed by atoms with Crippen molar-refractivity contribution in [1.29, 1.82) is 0 Å². The van der Waals surface area contributed by atoms with Crippen LogP contribution in [0.5, 0.6) is 0 Å². The van der Waals surface area contributed by atoms with Crippen LogP contribution in [-0.2, 0) is 19.1 Å². The summed E-state index contributed by atoms with van der Waals surface area (Å²) in [6, 6.07) is 0. The third kappa shape index (κ3) is 4.03. The molecule has 1 saturated heterocycles. The molecule has 0 spiro atoms. The van der Waals surface area contributed by atoms with Crippen molar-refractivity contribution >= 4 is 23.9 Å². The van der Waals surface area contributed by atoms with Gasteiger partial charge in [0, 0.05) is 23.2 Å². The fraction of sp³-hybridized carbons (Fsp3) is 0.778. The van der Waals surface area contributed by atoms with E-state index in [2.05, 4.69) is 24.1 Å². The van der Waals surface area contributed by atoms with Crippen LogP contribution in [-0.4, -0.2) is 53.3 Å². The van der Waals surface area contributed by atoms with Crippen LogP contribution in [0.4, 0.5) is 9.59 Å². The van der Waals surface area contributed by atoms with E-state index >= 15 is 0 Å². The van der Waals surface area contributed by atoms with Gasteiger partial charge in [0.05, 0.1) is 19.1 Å². The topological polar surface area (TPSA) is 131 Å². The Bertz CT molecular complexity index is 983. The Hall–Kier alpha value is -2.42. The molecule has 4 fully saturated rings. The first kappa shape index (κ1) is 26.6. The minimum Gasteiger partial charge on any atom is -0.445 e. The van der Waals surface area contributed by atoms with Gasteiger partial charge in [0.15, 0.2) is 0 Å². The van der Waals surface area contributed by atoms with Crippen molar-refractivity contribution in [3.63, 3.8) is 0 Å². The highest BCUT2D eigenvalue weighted by Crippen LogP contribution is 2.67. The molecule has 9 nitrogen and oxygen atoms in total. The van der Waals surface area contributed by atoms with Crippen molar-refractivity contribution in [2.45, 2.75) is 91.0 Å². The van der Waals surface area contributed by atoms with Crippen molar-refractivity contribution < 1.29 is 33.8 Å². The summed E-state index contributed by atoms with van der Waals surface area (Å²) in [6.45, 7) is 13.8. The van der Waals surface area contributed by atoms with E-state index in [1.807, 2.05) is 20.8 Å². The molecular formula is C27H40N2O7. The molecule has 0 aromatic heterocycles. The highest BCUT2D eigenvalue weighted by atomic mass is 16.6. The summed E-state index contributed by atoms with van der Waals surface area (Å²) in [5, 5.41) is 16.3. The smallest absolute Gasteiger partial charge is 0.417 e. The van der Waals surface area contributed by atoms with Crippen LogP contribution in [0.2, 0.25) is 0 Å². The molecule has 3 N–H and O–H groups in total. The Morgan fingerprint density at radius 1 is 1.17 bits per heavy atom. The lowest BCUT2D eigenvalue weighted by molar-refractivity contribution is -0.191. The molecule has 3 amide bonds. The molecule has 4 rings (SSSR count). The van der Waals surface area contributed by atoms with Crippen LogP contribution in [0.3, 0.4) is 0 Å². The second-order valence-corrected chi connectivity index (χ2v) is 12.4. The molecule has 9 atom stereocenters. The second-order valence-electron chi connectivity index (χ2n) is 12.4. The Labute approximate surface area is 212 Å². The largest absolute Gasteiger partial charge is 0.445 e. The summed E-state index contributed by atoms with van der Waals surface area (Å²) in [7, 11) is 0. The standard InChI is InChI=1S/C27H40N2O7/c1-7-24(4)12-18(35-22(33)29-23(34)36-25(5)13-19(31)28-14-25)26(6)15(2)8-10-27(16(3)21(24)32)11-9-17(30)20(26)27/h7,15-16,18,20-21,32H,1,8-14H2,2-6H3,(H,28,31)(H,29,33,34)/t15?,16-,18+,20-,21-,24+,25?,26+,27-/m0/s1. The number of ketones is 1. The second kappa shape index (κ2) is 8.85. The highest BCUT2D eigenvalue weighted by Gasteiger charge is 2.68. The van der Waals surface area contributed by atoms with Crippen LogP contribution >= 0.6 is 0 Å². The number of aliphatic hydroxyl groups is 1. The minimum atomic E-state index is -1.05. The number of hydrogen-bond donors (Lipinski definition) is 3. The van der Waals surface area contributed by atoms with Gasteiger partial charge >= 0.3 is 12.2 Å². The third-order valence-electron chi connectivity index (χ3n) is 10.3. The van der Waals surface area contributed by atoms with Gasteiger partial charge in [-0.1, -0.05) is 33.8 Å². The van der Waals surface area contributed by atoms with E-state index in [-0.39, 0.29) is 54.2 Å². The number of nitrogens with one attached hydrogen (secondary N) is 2. The lowest BCUT2D eigenvalue weighted by Crippen LogP contribution is -2.63. The monoisotopic (exact) mass is 504 g/mol. The van der Waals surface area contributed by atoms with E-state index in [1.54, 1.807) is 13.0 Å². The highest BCUT2D eigenvalue weighted by molar-refractivity contribution is 5.89. The molecule has 0 aromatic carbocycles. The zero-order valence-electron chi connectivity index (χ0n) is 22.0. The summed E-state index contributed by atoms with van der Waals surface area (Å²) in [6.07, 6.45) is 1.34. The predicted octanol–water partition coefficient (Wildman–Crippen LogP) is 3.49. The molecule has 36 heavy (non-hydrogen) atoms. The van der Waals surface area contributed by atoms with Gasteiger partial charge in [-0.3, -0.25) is 9.59 Å². The summed E-state index contributed by atoms with van der Waals surface area (Å²) in [4.78, 5) is 50.4. The van der Waals surface area contributed by atoms with E-state index in [4.69, 9.17) is 9.47 Å². The normalized spacial score (nSPS) is 46.1. The number of rotatable bonds is 3. The molecule has 3 saturated carbocycles. The van der Waals surface area contributed by atoms with Gasteiger partial charge in [-0.15, -0.1) is 6.58 Å². The first-order valence-electron chi connectivity index (χ1n) is 13.0. The fourth-order valence-corrected chi connectivity index (χ4v) is 7.82. The summed E-state index contributed by atoms with van der Waals surface area (Å²) in [5.41, 5.74) is -2.88. The average Bonchev–Trinajstić information content (AvgIpc) is 3.33. The van der Waals surface area contributed by atoms with Gasteiger partial charge in [-0.2, -0.15) is 0 Å². The quantitative estimate of drug-likeness (QED) is 0.502. The molecule has 9 heteroatoms. The first-order chi connectivity index (χ1) is 16.7. The SMILES string of the molecule is C=C[C@]1(C)C[C@@H](OC(=O)NC(=O)OC2(C)CNC(=O)C2)[C@@]2(C)C(C)CC[C@]3(CCC(=O)[C@H]32)[C@@H](C)[C@@H]1O. The number of Topliss-reactive ketones (excluding diaryl/α,β-unsaturated/α-hetero) is 1. The van der Waals surface area contributed by atoms with Crippen LogP contribution in [0.1, 0.15) is 73.1 Å². The van der Waals surface area contributed by atoms with Gasteiger partial charge in [-0.25, -0.2) is 14.9 Å². The number of imide groups is 1. The van der Waals surface area contributed by atoms with E-state index in [0.717, 1.165) is 12.8 Å². The first-order valence-corrected chi connectivity index (χ1v) is 13.0. The van der Waals surface area contributed by atoms with Crippen molar-refractivity contribution in [3.8, 4) is 0 Å². The molecule has 0 radical (unpaired) electrons.